The third-order valence-electron chi connectivity index (χ3n) is 2.74. The van der Waals surface area contributed by atoms with Crippen LogP contribution < -0.4 is 4.74 Å². The molecule has 0 bridgehead atoms. The van der Waals surface area contributed by atoms with Crippen molar-refractivity contribution in [3.8, 4) is 5.75 Å². The number of hydrogen-bond acceptors (Lipinski definition) is 2. The lowest BCUT2D eigenvalue weighted by Gasteiger charge is -2.15. The molecule has 2 nitrogen and oxygen atoms in total. The number of benzene rings is 1. The Morgan fingerprint density at radius 1 is 1.29 bits per heavy atom. The third kappa shape index (κ3) is 7.01. The summed E-state index contributed by atoms with van der Waals surface area (Å²) >= 11 is 2.21. The second-order valence-electron chi connectivity index (χ2n) is 4.39. The predicted octanol–water partition coefficient (Wildman–Crippen LogP) is 4.60. The molecule has 2 radical (unpaired) electrons. The molecule has 0 saturated heterocycles. The lowest BCUT2D eigenvalue weighted by molar-refractivity contribution is -0.139. The molecule has 0 aliphatic carbocycles. The zero-order chi connectivity index (χ0) is 15.7. The number of alkyl halides is 4. The van der Waals surface area contributed by atoms with Crippen molar-refractivity contribution in [1.29, 1.82) is 0 Å². The highest BCUT2D eigenvalue weighted by molar-refractivity contribution is 14.1. The molecule has 0 amide bonds. The van der Waals surface area contributed by atoms with E-state index in [1.165, 1.54) is 12.1 Å². The van der Waals surface area contributed by atoms with E-state index < -0.39 is 11.7 Å². The van der Waals surface area contributed by atoms with Crippen LogP contribution in [0, 0.1) is 0 Å². The molecular formula is C14H18F3IO2Si. The highest BCUT2D eigenvalue weighted by Crippen LogP contribution is 2.37. The fourth-order valence-corrected chi connectivity index (χ4v) is 2.42. The van der Waals surface area contributed by atoms with Gasteiger partial charge in [-0.15, -0.1) is 0 Å². The molecule has 118 valence electrons. The van der Waals surface area contributed by atoms with E-state index in [1.54, 1.807) is 6.07 Å². The summed E-state index contributed by atoms with van der Waals surface area (Å²) in [6.45, 7) is 2.39. The van der Waals surface area contributed by atoms with E-state index in [2.05, 4.69) is 22.6 Å². The van der Waals surface area contributed by atoms with Crippen molar-refractivity contribution >= 4 is 32.1 Å². The van der Waals surface area contributed by atoms with Crippen molar-refractivity contribution in [2.24, 2.45) is 0 Å². The molecular weight excluding hydrogens is 412 g/mol. The molecule has 1 aromatic carbocycles. The summed E-state index contributed by atoms with van der Waals surface area (Å²) < 4.78 is 50.4. The third-order valence-corrected chi connectivity index (χ3v) is 4.21. The molecule has 0 unspecified atom stereocenters. The van der Waals surface area contributed by atoms with E-state index in [4.69, 9.17) is 9.47 Å². The van der Waals surface area contributed by atoms with E-state index in [1.807, 2.05) is 6.55 Å². The topological polar surface area (TPSA) is 18.5 Å². The molecule has 0 aromatic heterocycles. The van der Waals surface area contributed by atoms with Gasteiger partial charge in [-0.3, -0.25) is 0 Å². The minimum absolute atomic E-state index is 0.152. The Hall–Kier alpha value is -0.283. The summed E-state index contributed by atoms with van der Waals surface area (Å²) in [5.74, 6) is -0.167. The first-order valence-corrected chi connectivity index (χ1v) is 9.83. The molecule has 0 heterocycles. The number of rotatable bonds is 9. The van der Waals surface area contributed by atoms with E-state index in [0.717, 1.165) is 26.4 Å². The van der Waals surface area contributed by atoms with Gasteiger partial charge in [-0.1, -0.05) is 35.2 Å². The predicted molar refractivity (Wildman–Crippen MR) is 86.5 cm³/mol. The highest BCUT2D eigenvalue weighted by atomic mass is 127. The van der Waals surface area contributed by atoms with Gasteiger partial charge in [0.25, 0.3) is 0 Å². The second-order valence-corrected chi connectivity index (χ2v) is 6.68. The number of hydrogen-bond donors (Lipinski definition) is 0. The van der Waals surface area contributed by atoms with E-state index in [0.29, 0.717) is 18.6 Å². The van der Waals surface area contributed by atoms with Crippen molar-refractivity contribution in [3.63, 3.8) is 0 Å². The van der Waals surface area contributed by atoms with Gasteiger partial charge in [0.1, 0.15) is 5.75 Å². The van der Waals surface area contributed by atoms with Crippen LogP contribution in [-0.4, -0.2) is 27.3 Å². The minimum atomic E-state index is -4.42. The fraction of sp³-hybridized carbons (Fsp3) is 0.571. The molecule has 0 N–H and O–H groups in total. The Balaban J connectivity index is 2.73. The molecule has 21 heavy (non-hydrogen) atoms. The van der Waals surface area contributed by atoms with Gasteiger partial charge >= 0.3 is 6.18 Å². The summed E-state index contributed by atoms with van der Waals surface area (Å²) in [6, 6.07) is 5.14. The van der Waals surface area contributed by atoms with Crippen LogP contribution in [0.2, 0.25) is 12.6 Å². The van der Waals surface area contributed by atoms with Crippen molar-refractivity contribution in [2.45, 2.75) is 31.6 Å². The van der Waals surface area contributed by atoms with Crippen molar-refractivity contribution < 1.29 is 22.6 Å². The molecule has 0 atom stereocenters. The molecule has 0 spiro atoms. The fourth-order valence-electron chi connectivity index (χ4n) is 1.69. The first-order chi connectivity index (χ1) is 9.99. The molecule has 0 saturated carbocycles. The average Bonchev–Trinajstić information content (AvgIpc) is 2.44. The van der Waals surface area contributed by atoms with E-state index in [9.17, 15) is 13.2 Å². The summed E-state index contributed by atoms with van der Waals surface area (Å²) in [6.07, 6.45) is -2.92. The maximum Gasteiger partial charge on any atom is 0.419 e. The molecule has 1 aromatic rings. The van der Waals surface area contributed by atoms with Crippen LogP contribution in [-0.2, 0) is 17.3 Å². The average molecular weight is 430 g/mol. The van der Waals surface area contributed by atoms with Gasteiger partial charge < -0.3 is 9.47 Å². The summed E-state index contributed by atoms with van der Waals surface area (Å²) in [4.78, 5) is 0. The SMILES string of the molecule is C[Si]CCOCOc1ccc(CCCI)cc1C(F)(F)F. The molecule has 7 heteroatoms. The number of halogens is 4. The second kappa shape index (κ2) is 9.68. The summed E-state index contributed by atoms with van der Waals surface area (Å²) in [5, 5.41) is 0. The van der Waals surface area contributed by atoms with Gasteiger partial charge in [0.05, 0.1) is 5.56 Å². The van der Waals surface area contributed by atoms with Crippen molar-refractivity contribution in [2.75, 3.05) is 17.8 Å². The molecule has 1 rings (SSSR count). The summed E-state index contributed by atoms with van der Waals surface area (Å²) in [7, 11) is 0.761. The van der Waals surface area contributed by atoms with E-state index >= 15 is 0 Å². The van der Waals surface area contributed by atoms with Crippen LogP contribution in [0.15, 0.2) is 18.2 Å². The normalized spacial score (nSPS) is 11.7. The largest absolute Gasteiger partial charge is 0.467 e. The monoisotopic (exact) mass is 430 g/mol. The zero-order valence-electron chi connectivity index (χ0n) is 11.8. The smallest absolute Gasteiger partial charge is 0.419 e. The van der Waals surface area contributed by atoms with Gasteiger partial charge in [0.15, 0.2) is 6.79 Å². The lowest BCUT2D eigenvalue weighted by atomic mass is 10.1. The maximum atomic E-state index is 13.1. The van der Waals surface area contributed by atoms with Gasteiger partial charge in [-0.05, 0) is 41.0 Å². The summed E-state index contributed by atoms with van der Waals surface area (Å²) in [5.41, 5.74) is -0.0473. The van der Waals surface area contributed by atoms with Crippen molar-refractivity contribution in [1.82, 2.24) is 0 Å². The Kier molecular flexibility index (Phi) is 8.65. The Morgan fingerprint density at radius 2 is 2.05 bits per heavy atom. The van der Waals surface area contributed by atoms with Gasteiger partial charge in [0, 0.05) is 16.1 Å². The van der Waals surface area contributed by atoms with Crippen molar-refractivity contribution in [3.05, 3.63) is 29.3 Å². The van der Waals surface area contributed by atoms with Crippen LogP contribution in [0.25, 0.3) is 0 Å². The Labute approximate surface area is 139 Å². The van der Waals surface area contributed by atoms with E-state index in [-0.39, 0.29) is 12.5 Å². The zero-order valence-corrected chi connectivity index (χ0v) is 15.0. The number of ether oxygens (including phenoxy) is 2. The van der Waals surface area contributed by atoms with Gasteiger partial charge in [0.2, 0.25) is 0 Å². The first kappa shape index (κ1) is 18.8. The Bertz CT molecular complexity index is 427. The quantitative estimate of drug-likeness (QED) is 0.188. The van der Waals surface area contributed by atoms with Crippen LogP contribution in [0.5, 0.6) is 5.75 Å². The molecule has 0 aliphatic rings. The number of aryl methyl sites for hydroxylation is 1. The van der Waals surface area contributed by atoms with Crippen LogP contribution >= 0.6 is 22.6 Å². The minimum Gasteiger partial charge on any atom is -0.467 e. The standard InChI is InChI=1S/C14H18F3IO2Si/c1-21-8-7-19-10-20-13-5-4-11(3-2-6-18)9-12(13)14(15,16)17/h4-5,9H,2-3,6-8,10H2,1H3. The van der Waals surface area contributed by atoms with Gasteiger partial charge in [-0.25, -0.2) is 0 Å². The van der Waals surface area contributed by atoms with Crippen LogP contribution in [0.4, 0.5) is 13.2 Å². The van der Waals surface area contributed by atoms with Crippen LogP contribution in [0.1, 0.15) is 17.5 Å². The van der Waals surface area contributed by atoms with Gasteiger partial charge in [-0.2, -0.15) is 13.2 Å². The molecule has 0 fully saturated rings. The first-order valence-electron chi connectivity index (χ1n) is 6.60. The maximum absolute atomic E-state index is 13.1. The Morgan fingerprint density at radius 3 is 2.67 bits per heavy atom. The lowest BCUT2D eigenvalue weighted by Crippen LogP contribution is -2.12. The van der Waals surface area contributed by atoms with Crippen LogP contribution in [0.3, 0.4) is 0 Å². The highest BCUT2D eigenvalue weighted by Gasteiger charge is 2.34. The molecule has 0 aliphatic heterocycles.